The normalized spacial score (nSPS) is 21.5. The van der Waals surface area contributed by atoms with Crippen LogP contribution in [0.25, 0.3) is 0 Å². The van der Waals surface area contributed by atoms with E-state index in [0.717, 1.165) is 0 Å². The van der Waals surface area contributed by atoms with Crippen molar-refractivity contribution >= 4 is 33.5 Å². The molecule has 2 rings (SSSR count). The highest BCUT2D eigenvalue weighted by Crippen LogP contribution is 2.30. The van der Waals surface area contributed by atoms with Gasteiger partial charge in [-0.25, -0.2) is 4.79 Å². The maximum atomic E-state index is 12.4. The Hall–Kier alpha value is -1.73. The van der Waals surface area contributed by atoms with Crippen LogP contribution in [0.2, 0.25) is 0 Å². The average Bonchev–Trinajstić information content (AvgIpc) is 2.85. The van der Waals surface area contributed by atoms with Crippen molar-refractivity contribution in [1.82, 2.24) is 0 Å². The molecular weight excluding hydrogens is 380 g/mol. The maximum absolute atomic E-state index is 12.4. The molecule has 0 aromatic rings. The number of rotatable bonds is 5. The van der Waals surface area contributed by atoms with E-state index in [9.17, 15) is 19.5 Å². The number of ether oxygens (including phenoxy) is 2. The third kappa shape index (κ3) is 4.42. The van der Waals surface area contributed by atoms with E-state index >= 15 is 0 Å². The molecule has 0 fully saturated rings. The molecule has 1 aliphatic heterocycles. The van der Waals surface area contributed by atoms with Gasteiger partial charge >= 0.3 is 5.97 Å². The second-order valence-electron chi connectivity index (χ2n) is 5.54. The lowest BCUT2D eigenvalue weighted by Crippen LogP contribution is -2.22. The lowest BCUT2D eigenvalue weighted by Gasteiger charge is -2.19. The quantitative estimate of drug-likeness (QED) is 0.434. The number of carbonyl (C=O) groups is 3. The van der Waals surface area contributed by atoms with Crippen molar-refractivity contribution in [2.24, 2.45) is 0 Å². The standard InChI is InChI=1S/C17H19BrO6/c1-23-17(22)11-7-12(16(21)13(18)8-11)15(20)9-14(19)10-3-2-5-24-6-4-10/h3,7,13,21H,2,4-6,8-9H2,1H3. The summed E-state index contributed by atoms with van der Waals surface area (Å²) in [4.78, 5) is 35.8. The molecule has 1 N–H and O–H groups in total. The molecule has 6 nitrogen and oxygen atoms in total. The molecule has 0 radical (unpaired) electrons. The number of ketones is 2. The Kier molecular flexibility index (Phi) is 6.51. The molecule has 7 heteroatoms. The van der Waals surface area contributed by atoms with Crippen molar-refractivity contribution in [3.8, 4) is 0 Å². The third-order valence-electron chi connectivity index (χ3n) is 3.89. The van der Waals surface area contributed by atoms with E-state index in [1.807, 2.05) is 0 Å². The number of carbonyl (C=O) groups excluding carboxylic acids is 3. The Morgan fingerprint density at radius 1 is 1.29 bits per heavy atom. The van der Waals surface area contributed by atoms with Crippen LogP contribution in [0.3, 0.4) is 0 Å². The van der Waals surface area contributed by atoms with Gasteiger partial charge in [-0.15, -0.1) is 0 Å². The van der Waals surface area contributed by atoms with Crippen molar-refractivity contribution in [3.05, 3.63) is 34.6 Å². The number of allylic oxidation sites excluding steroid dienone is 3. The Labute approximate surface area is 148 Å². The first-order chi connectivity index (χ1) is 11.4. The van der Waals surface area contributed by atoms with Crippen LogP contribution in [0.15, 0.2) is 34.6 Å². The fourth-order valence-corrected chi connectivity index (χ4v) is 3.17. The largest absolute Gasteiger partial charge is 0.510 e. The van der Waals surface area contributed by atoms with Gasteiger partial charge in [-0.3, -0.25) is 9.59 Å². The highest BCUT2D eigenvalue weighted by atomic mass is 79.9. The van der Waals surface area contributed by atoms with Crippen LogP contribution in [0, 0.1) is 0 Å². The van der Waals surface area contributed by atoms with Crippen molar-refractivity contribution < 1.29 is 29.0 Å². The van der Waals surface area contributed by atoms with E-state index in [-0.39, 0.29) is 35.5 Å². The summed E-state index contributed by atoms with van der Waals surface area (Å²) in [5.74, 6) is -1.53. The molecule has 24 heavy (non-hydrogen) atoms. The molecule has 2 aliphatic rings. The van der Waals surface area contributed by atoms with E-state index in [1.165, 1.54) is 13.2 Å². The topological polar surface area (TPSA) is 89.9 Å². The minimum absolute atomic E-state index is 0.0256. The number of hydrogen-bond acceptors (Lipinski definition) is 6. The van der Waals surface area contributed by atoms with Crippen LogP contribution in [0.1, 0.15) is 25.7 Å². The Balaban J connectivity index is 2.16. The van der Waals surface area contributed by atoms with Gasteiger partial charge in [0, 0.05) is 5.57 Å². The minimum Gasteiger partial charge on any atom is -0.510 e. The zero-order valence-electron chi connectivity index (χ0n) is 13.3. The van der Waals surface area contributed by atoms with Crippen molar-refractivity contribution in [2.45, 2.75) is 30.5 Å². The maximum Gasteiger partial charge on any atom is 0.333 e. The number of aliphatic hydroxyl groups excluding tert-OH is 1. The number of alkyl halides is 1. The summed E-state index contributed by atoms with van der Waals surface area (Å²) >= 11 is 3.23. The Morgan fingerprint density at radius 2 is 2.04 bits per heavy atom. The molecule has 0 spiro atoms. The van der Waals surface area contributed by atoms with Gasteiger partial charge in [0.05, 0.1) is 37.1 Å². The van der Waals surface area contributed by atoms with Gasteiger partial charge in [-0.05, 0) is 30.9 Å². The molecule has 0 bridgehead atoms. The van der Waals surface area contributed by atoms with Gasteiger partial charge in [0.25, 0.3) is 0 Å². The van der Waals surface area contributed by atoms with Crippen LogP contribution >= 0.6 is 15.9 Å². The first-order valence-corrected chi connectivity index (χ1v) is 8.55. The monoisotopic (exact) mass is 398 g/mol. The average molecular weight is 399 g/mol. The Morgan fingerprint density at radius 3 is 2.75 bits per heavy atom. The van der Waals surface area contributed by atoms with E-state index in [2.05, 4.69) is 20.7 Å². The molecule has 0 aromatic carbocycles. The minimum atomic E-state index is -0.563. The highest BCUT2D eigenvalue weighted by molar-refractivity contribution is 9.09. The van der Waals surface area contributed by atoms with E-state index in [1.54, 1.807) is 6.08 Å². The molecule has 1 heterocycles. The third-order valence-corrected chi connectivity index (χ3v) is 4.64. The highest BCUT2D eigenvalue weighted by Gasteiger charge is 2.29. The van der Waals surface area contributed by atoms with Crippen molar-refractivity contribution in [2.75, 3.05) is 20.3 Å². The second-order valence-corrected chi connectivity index (χ2v) is 6.64. The molecule has 0 aromatic heterocycles. The summed E-state index contributed by atoms with van der Waals surface area (Å²) in [6.07, 6.45) is 4.07. The molecule has 0 saturated heterocycles. The molecule has 1 aliphatic carbocycles. The summed E-state index contributed by atoms with van der Waals surface area (Å²) in [7, 11) is 1.25. The summed E-state index contributed by atoms with van der Waals surface area (Å²) in [5.41, 5.74) is 0.821. The zero-order chi connectivity index (χ0) is 17.7. The lowest BCUT2D eigenvalue weighted by atomic mass is 9.92. The van der Waals surface area contributed by atoms with Gasteiger partial charge in [0.1, 0.15) is 5.76 Å². The number of Topliss-reactive ketones (excluding diaryl/α,β-unsaturated/α-hetero) is 2. The van der Waals surface area contributed by atoms with Crippen LogP contribution in [-0.2, 0) is 23.9 Å². The predicted octanol–water partition coefficient (Wildman–Crippen LogP) is 2.33. The number of esters is 1. The predicted molar refractivity (Wildman–Crippen MR) is 89.9 cm³/mol. The van der Waals surface area contributed by atoms with Crippen molar-refractivity contribution in [3.63, 3.8) is 0 Å². The second kappa shape index (κ2) is 8.39. The molecule has 0 amide bonds. The van der Waals surface area contributed by atoms with Crippen LogP contribution in [-0.4, -0.2) is 47.8 Å². The molecule has 0 saturated carbocycles. The van der Waals surface area contributed by atoms with Gasteiger partial charge in [0.15, 0.2) is 11.6 Å². The van der Waals surface area contributed by atoms with E-state index in [0.29, 0.717) is 31.6 Å². The first kappa shape index (κ1) is 18.6. The van der Waals surface area contributed by atoms with Crippen molar-refractivity contribution in [1.29, 1.82) is 0 Å². The fraction of sp³-hybridized carbons (Fsp3) is 0.471. The summed E-state index contributed by atoms with van der Waals surface area (Å²) in [5, 5.41) is 10.1. The summed E-state index contributed by atoms with van der Waals surface area (Å²) in [6, 6.07) is 0. The zero-order valence-corrected chi connectivity index (χ0v) is 14.9. The molecular formula is C17H19BrO6. The smallest absolute Gasteiger partial charge is 0.333 e. The fourth-order valence-electron chi connectivity index (χ4n) is 2.57. The van der Waals surface area contributed by atoms with E-state index < -0.39 is 16.6 Å². The van der Waals surface area contributed by atoms with Crippen LogP contribution < -0.4 is 0 Å². The number of methoxy groups -OCH3 is 1. The van der Waals surface area contributed by atoms with Gasteiger partial charge in [0.2, 0.25) is 0 Å². The summed E-state index contributed by atoms with van der Waals surface area (Å²) in [6.45, 7) is 1.02. The Bertz CT molecular complexity index is 643. The van der Waals surface area contributed by atoms with Gasteiger partial charge in [-0.1, -0.05) is 22.0 Å². The van der Waals surface area contributed by atoms with Crippen LogP contribution in [0.4, 0.5) is 0 Å². The molecule has 1 atom stereocenters. The molecule has 130 valence electrons. The number of hydrogen-bond donors (Lipinski definition) is 1. The first-order valence-electron chi connectivity index (χ1n) is 7.63. The number of aliphatic hydroxyl groups is 1. The van der Waals surface area contributed by atoms with Gasteiger partial charge < -0.3 is 14.6 Å². The molecule has 1 unspecified atom stereocenters. The summed E-state index contributed by atoms with van der Waals surface area (Å²) < 4.78 is 9.93. The lowest BCUT2D eigenvalue weighted by molar-refractivity contribution is -0.136. The van der Waals surface area contributed by atoms with Gasteiger partial charge in [-0.2, -0.15) is 0 Å². The van der Waals surface area contributed by atoms with E-state index in [4.69, 9.17) is 4.74 Å². The number of halogens is 1. The SMILES string of the molecule is COC(=O)C1=CC(C(=O)CC(=O)C2=CCCOCC2)=C(O)C(Br)C1. The van der Waals surface area contributed by atoms with Crippen LogP contribution in [0.5, 0.6) is 0 Å².